The summed E-state index contributed by atoms with van der Waals surface area (Å²) in [5.74, 6) is -3.86. The number of carbonyl (C=O) groups is 7. The van der Waals surface area contributed by atoms with E-state index in [9.17, 15) is 33.6 Å². The highest BCUT2D eigenvalue weighted by atomic mass is 16.5. The number of Topliss-reactive ketones (excluding diaryl/α,β-unsaturated/α-hetero) is 3. The molecule has 2 fully saturated rings. The first-order valence-electron chi connectivity index (χ1n) is 19.3. The Labute approximate surface area is 315 Å². The number of amides is 4. The molecule has 0 radical (unpaired) electrons. The van der Waals surface area contributed by atoms with Crippen LogP contribution in [0.3, 0.4) is 0 Å². The molecule has 2 N–H and O–H groups in total. The highest BCUT2D eigenvalue weighted by Gasteiger charge is 2.47. The van der Waals surface area contributed by atoms with Crippen molar-refractivity contribution in [3.63, 3.8) is 0 Å². The zero-order valence-corrected chi connectivity index (χ0v) is 33.1. The first-order chi connectivity index (χ1) is 24.9. The Kier molecular flexibility index (Phi) is 16.2. The van der Waals surface area contributed by atoms with E-state index in [0.717, 1.165) is 32.1 Å². The Bertz CT molecular complexity index is 1450. The molecule has 4 amide bonds. The van der Waals surface area contributed by atoms with Gasteiger partial charge in [0.1, 0.15) is 12.1 Å². The number of likely N-dealkylation sites (tertiary alicyclic amines) is 1. The molecule has 1 aromatic rings. The summed E-state index contributed by atoms with van der Waals surface area (Å²) >= 11 is 0. The third kappa shape index (κ3) is 13.1. The SMILES string of the molecule is CC(C)COC(=O)N[C@H](C(=O)N1CC(C)(C)C[C@H]1C(=O)C[C@@H](CC(C)C)C(=O)C(=O)CCC(=O)N[C@H](C(=O)N(C)C)c1ccccc1)C1CCCCC1. The smallest absolute Gasteiger partial charge is 0.407 e. The van der Waals surface area contributed by atoms with Crippen molar-refractivity contribution in [1.29, 1.82) is 0 Å². The van der Waals surface area contributed by atoms with Crippen molar-refractivity contribution in [1.82, 2.24) is 20.4 Å². The van der Waals surface area contributed by atoms with Crippen molar-refractivity contribution in [2.24, 2.45) is 29.1 Å². The summed E-state index contributed by atoms with van der Waals surface area (Å²) in [7, 11) is 3.17. The van der Waals surface area contributed by atoms with E-state index >= 15 is 0 Å². The molecule has 1 aliphatic heterocycles. The van der Waals surface area contributed by atoms with Gasteiger partial charge in [0.05, 0.1) is 12.6 Å². The summed E-state index contributed by atoms with van der Waals surface area (Å²) in [5.41, 5.74) is 0.198. The second kappa shape index (κ2) is 19.8. The van der Waals surface area contributed by atoms with E-state index in [-0.39, 0.29) is 67.6 Å². The first kappa shape index (κ1) is 43.3. The molecule has 0 bridgehead atoms. The molecule has 12 heteroatoms. The lowest BCUT2D eigenvalue weighted by Crippen LogP contribution is -2.55. The highest BCUT2D eigenvalue weighted by molar-refractivity contribution is 6.38. The third-order valence-electron chi connectivity index (χ3n) is 10.1. The van der Waals surface area contributed by atoms with Crippen LogP contribution < -0.4 is 10.6 Å². The van der Waals surface area contributed by atoms with Gasteiger partial charge in [-0.05, 0) is 54.4 Å². The van der Waals surface area contributed by atoms with Gasteiger partial charge in [-0.25, -0.2) is 4.79 Å². The largest absolute Gasteiger partial charge is 0.449 e. The molecule has 1 heterocycles. The summed E-state index contributed by atoms with van der Waals surface area (Å²) < 4.78 is 5.39. The maximum absolute atomic E-state index is 14.3. The van der Waals surface area contributed by atoms with E-state index in [1.165, 1.54) is 4.90 Å². The number of benzene rings is 1. The van der Waals surface area contributed by atoms with Crippen LogP contribution in [0.25, 0.3) is 0 Å². The fourth-order valence-electron chi connectivity index (χ4n) is 7.46. The average Bonchev–Trinajstić information content (AvgIpc) is 3.45. The molecule has 53 heavy (non-hydrogen) atoms. The Morgan fingerprint density at radius 3 is 2.11 bits per heavy atom. The molecule has 0 aromatic heterocycles. The van der Waals surface area contributed by atoms with Gasteiger partial charge in [-0.1, -0.05) is 91.1 Å². The normalized spacial score (nSPS) is 18.9. The Morgan fingerprint density at radius 1 is 0.887 bits per heavy atom. The third-order valence-corrected chi connectivity index (χ3v) is 10.1. The Balaban J connectivity index is 1.74. The molecule has 1 saturated heterocycles. The van der Waals surface area contributed by atoms with Gasteiger partial charge in [-0.3, -0.25) is 28.8 Å². The van der Waals surface area contributed by atoms with Crippen molar-refractivity contribution in [3.05, 3.63) is 35.9 Å². The van der Waals surface area contributed by atoms with Crippen molar-refractivity contribution >= 4 is 41.2 Å². The maximum atomic E-state index is 14.3. The monoisotopic (exact) mass is 738 g/mol. The standard InChI is InChI=1S/C41H62N4O8/c1-26(2)21-30(37(49)32(46)19-20-34(48)42-35(38(50)44(7)8)28-15-11-9-12-16-28)22-33(47)31-23-41(5,6)25-45(31)39(51)36(29-17-13-10-14-18-29)43-40(52)53-24-27(3)4/h9,11-12,15-16,26-27,29-31,35-36H,10,13-14,17-25H2,1-8H3,(H,42,48)(H,43,52)/t30-,31+,35+,36+/m1/s1. The van der Waals surface area contributed by atoms with E-state index in [1.54, 1.807) is 49.3 Å². The number of ether oxygens (including phenoxy) is 1. The fourth-order valence-corrected chi connectivity index (χ4v) is 7.46. The predicted octanol–water partition coefficient (Wildman–Crippen LogP) is 5.43. The fraction of sp³-hybridized carbons (Fsp3) is 0.683. The van der Waals surface area contributed by atoms with Gasteiger partial charge < -0.3 is 25.2 Å². The van der Waals surface area contributed by atoms with Crippen LogP contribution in [0.5, 0.6) is 0 Å². The van der Waals surface area contributed by atoms with Crippen LogP contribution in [-0.4, -0.2) is 90.3 Å². The zero-order chi connectivity index (χ0) is 39.5. The van der Waals surface area contributed by atoms with Crippen molar-refractivity contribution in [2.75, 3.05) is 27.2 Å². The van der Waals surface area contributed by atoms with Crippen molar-refractivity contribution in [2.45, 2.75) is 124 Å². The van der Waals surface area contributed by atoms with Crippen molar-refractivity contribution in [3.8, 4) is 0 Å². The molecule has 12 nitrogen and oxygen atoms in total. The molecule has 4 atom stereocenters. The molecule has 3 rings (SSSR count). The molecule has 1 aliphatic carbocycles. The van der Waals surface area contributed by atoms with Crippen LogP contribution in [0.2, 0.25) is 0 Å². The molecular formula is C41H62N4O8. The number of carbonyl (C=O) groups excluding carboxylic acids is 7. The molecule has 0 spiro atoms. The van der Waals surface area contributed by atoms with E-state index < -0.39 is 53.0 Å². The molecule has 0 unspecified atom stereocenters. The maximum Gasteiger partial charge on any atom is 0.407 e. The molecule has 294 valence electrons. The van der Waals surface area contributed by atoms with E-state index in [1.807, 2.05) is 41.5 Å². The summed E-state index contributed by atoms with van der Waals surface area (Å²) in [6.45, 7) is 12.2. The van der Waals surface area contributed by atoms with Gasteiger partial charge in [0.2, 0.25) is 23.5 Å². The number of alkyl carbamates (subject to hydrolysis) is 1. The van der Waals surface area contributed by atoms with Gasteiger partial charge in [0.15, 0.2) is 11.6 Å². The van der Waals surface area contributed by atoms with Crippen LogP contribution >= 0.6 is 0 Å². The van der Waals surface area contributed by atoms with E-state index in [4.69, 9.17) is 4.74 Å². The minimum absolute atomic E-state index is 0.00832. The first-order valence-corrected chi connectivity index (χ1v) is 19.3. The van der Waals surface area contributed by atoms with Crippen LogP contribution in [-0.2, 0) is 33.5 Å². The number of nitrogens with one attached hydrogen (secondary N) is 2. The topological polar surface area (TPSA) is 159 Å². The van der Waals surface area contributed by atoms with Gasteiger partial charge in [-0.15, -0.1) is 0 Å². The number of hydrogen-bond acceptors (Lipinski definition) is 8. The zero-order valence-electron chi connectivity index (χ0n) is 33.1. The van der Waals surface area contributed by atoms with Gasteiger partial charge in [0.25, 0.3) is 0 Å². The number of rotatable bonds is 18. The summed E-state index contributed by atoms with van der Waals surface area (Å²) in [4.78, 5) is 97.0. The summed E-state index contributed by atoms with van der Waals surface area (Å²) in [6.07, 6.45) is 3.64. The predicted molar refractivity (Wildman–Crippen MR) is 201 cm³/mol. The second-order valence-corrected chi connectivity index (χ2v) is 16.8. The van der Waals surface area contributed by atoms with Crippen LogP contribution in [0, 0.1) is 29.1 Å². The lowest BCUT2D eigenvalue weighted by atomic mass is 9.82. The quantitative estimate of drug-likeness (QED) is 0.189. The molecule has 1 saturated carbocycles. The van der Waals surface area contributed by atoms with Crippen molar-refractivity contribution < 1.29 is 38.3 Å². The van der Waals surface area contributed by atoms with Crippen LogP contribution in [0.15, 0.2) is 30.3 Å². The number of hydrogen-bond donors (Lipinski definition) is 2. The van der Waals surface area contributed by atoms with Crippen LogP contribution in [0.4, 0.5) is 4.79 Å². The van der Waals surface area contributed by atoms with Gasteiger partial charge >= 0.3 is 6.09 Å². The molecule has 1 aromatic carbocycles. The summed E-state index contributed by atoms with van der Waals surface area (Å²) in [6, 6.07) is 6.16. The number of likely N-dealkylation sites (N-methyl/N-ethyl adjacent to an activating group) is 1. The Hall–Kier alpha value is -4.09. The molecular weight excluding hydrogens is 676 g/mol. The van der Waals surface area contributed by atoms with Crippen LogP contribution in [0.1, 0.15) is 117 Å². The van der Waals surface area contributed by atoms with E-state index in [0.29, 0.717) is 18.5 Å². The van der Waals surface area contributed by atoms with E-state index in [2.05, 4.69) is 10.6 Å². The minimum atomic E-state index is -0.948. The lowest BCUT2D eigenvalue weighted by Gasteiger charge is -2.35. The average molecular weight is 739 g/mol. The van der Waals surface area contributed by atoms with Gasteiger partial charge in [-0.2, -0.15) is 0 Å². The number of nitrogens with zero attached hydrogens (tertiary/aromatic N) is 2. The number of ketones is 3. The highest BCUT2D eigenvalue weighted by Crippen LogP contribution is 2.38. The second-order valence-electron chi connectivity index (χ2n) is 16.8. The lowest BCUT2D eigenvalue weighted by molar-refractivity contribution is -0.143. The van der Waals surface area contributed by atoms with Gasteiger partial charge in [0, 0.05) is 45.8 Å². The Morgan fingerprint density at radius 2 is 1.53 bits per heavy atom. The molecule has 2 aliphatic rings. The summed E-state index contributed by atoms with van der Waals surface area (Å²) in [5, 5.41) is 5.54. The minimum Gasteiger partial charge on any atom is -0.449 e.